The number of nitrogens with zero attached hydrogens (tertiary/aromatic N) is 6. The van der Waals surface area contributed by atoms with Crippen molar-refractivity contribution in [1.29, 1.82) is 0 Å². The van der Waals surface area contributed by atoms with Crippen LogP contribution < -0.4 is 14.8 Å². The van der Waals surface area contributed by atoms with E-state index in [1.807, 2.05) is 48.9 Å². The Labute approximate surface area is 202 Å². The second-order valence-electron chi connectivity index (χ2n) is 8.45. The molecule has 176 valence electrons. The van der Waals surface area contributed by atoms with Crippen molar-refractivity contribution in [2.45, 2.75) is 39.5 Å². The first-order chi connectivity index (χ1) is 16.4. The molecule has 1 aliphatic heterocycles. The number of anilines is 2. The van der Waals surface area contributed by atoms with E-state index in [1.165, 1.54) is 0 Å². The van der Waals surface area contributed by atoms with Crippen molar-refractivity contribution in [2.24, 2.45) is 0 Å². The van der Waals surface area contributed by atoms with Crippen LogP contribution in [0.5, 0.6) is 11.8 Å². The molecule has 2 unspecified atom stereocenters. The third kappa shape index (κ3) is 4.34. The van der Waals surface area contributed by atoms with Gasteiger partial charge >= 0.3 is 0 Å². The van der Waals surface area contributed by atoms with Crippen molar-refractivity contribution in [1.82, 2.24) is 29.4 Å². The van der Waals surface area contributed by atoms with Crippen molar-refractivity contribution in [3.63, 3.8) is 0 Å². The van der Waals surface area contributed by atoms with Gasteiger partial charge in [0.1, 0.15) is 22.3 Å². The number of rotatable bonds is 5. The molecule has 0 fully saturated rings. The zero-order valence-corrected chi connectivity index (χ0v) is 20.6. The van der Waals surface area contributed by atoms with Crippen molar-refractivity contribution in [2.75, 3.05) is 19.5 Å². The number of imidazole rings is 1. The average molecular weight is 478 g/mol. The summed E-state index contributed by atoms with van der Waals surface area (Å²) in [7, 11) is 3.70. The summed E-state index contributed by atoms with van der Waals surface area (Å²) in [6.07, 6.45) is 3.48. The van der Waals surface area contributed by atoms with E-state index in [2.05, 4.69) is 44.5 Å². The molecular formula is C24H27N7O2S. The van der Waals surface area contributed by atoms with Gasteiger partial charge in [0.15, 0.2) is 6.10 Å². The highest BCUT2D eigenvalue weighted by Crippen LogP contribution is 2.35. The van der Waals surface area contributed by atoms with Crippen LogP contribution in [0.4, 0.5) is 11.6 Å². The lowest BCUT2D eigenvalue weighted by atomic mass is 10.1. The minimum atomic E-state index is -0.191. The van der Waals surface area contributed by atoms with Crippen molar-refractivity contribution < 1.29 is 9.47 Å². The van der Waals surface area contributed by atoms with Gasteiger partial charge < -0.3 is 19.4 Å². The summed E-state index contributed by atoms with van der Waals surface area (Å²) in [5, 5.41) is 6.29. The van der Waals surface area contributed by atoms with E-state index in [0.717, 1.165) is 34.2 Å². The summed E-state index contributed by atoms with van der Waals surface area (Å²) in [4.78, 5) is 20.6. The second kappa shape index (κ2) is 9.03. The van der Waals surface area contributed by atoms with Crippen LogP contribution in [-0.2, 0) is 6.54 Å². The van der Waals surface area contributed by atoms with E-state index >= 15 is 0 Å². The number of aryl methyl sites for hydroxylation is 2. The Kier molecular flexibility index (Phi) is 5.93. The monoisotopic (exact) mass is 477 g/mol. The van der Waals surface area contributed by atoms with E-state index < -0.39 is 0 Å². The smallest absolute Gasteiger partial charge is 0.240 e. The Hall–Kier alpha value is -3.50. The molecular weight excluding hydrogens is 450 g/mol. The maximum Gasteiger partial charge on any atom is 0.240 e. The molecule has 0 radical (unpaired) electrons. The predicted octanol–water partition coefficient (Wildman–Crippen LogP) is 4.44. The second-order valence-corrected chi connectivity index (χ2v) is 9.34. The third-order valence-corrected chi connectivity index (χ3v) is 6.91. The quantitative estimate of drug-likeness (QED) is 0.451. The molecule has 4 aromatic rings. The highest BCUT2D eigenvalue weighted by molar-refractivity contribution is 7.09. The first kappa shape index (κ1) is 22.3. The van der Waals surface area contributed by atoms with Crippen LogP contribution in [0.1, 0.15) is 35.0 Å². The summed E-state index contributed by atoms with van der Waals surface area (Å²) in [5.41, 5.74) is 3.77. The third-order valence-electron chi connectivity index (χ3n) is 5.89. The molecule has 0 aromatic carbocycles. The van der Waals surface area contributed by atoms with Gasteiger partial charge in [-0.2, -0.15) is 9.97 Å². The molecule has 0 aliphatic carbocycles. The summed E-state index contributed by atoms with van der Waals surface area (Å²) in [6, 6.07) is 7.96. The fourth-order valence-electron chi connectivity index (χ4n) is 3.92. The maximum absolute atomic E-state index is 6.44. The topological polar surface area (TPSA) is 90.2 Å². The Balaban J connectivity index is 1.42. The van der Waals surface area contributed by atoms with E-state index in [1.54, 1.807) is 24.8 Å². The van der Waals surface area contributed by atoms with Crippen molar-refractivity contribution >= 4 is 23.0 Å². The summed E-state index contributed by atoms with van der Waals surface area (Å²) < 4.78 is 13.9. The number of pyridine rings is 2. The number of aromatic nitrogens is 5. The van der Waals surface area contributed by atoms with Crippen LogP contribution in [0.2, 0.25) is 0 Å². The Bertz CT molecular complexity index is 1320. The molecule has 10 heteroatoms. The molecule has 0 saturated carbocycles. The van der Waals surface area contributed by atoms with Gasteiger partial charge in [-0.3, -0.25) is 4.90 Å². The van der Waals surface area contributed by atoms with Gasteiger partial charge in [0, 0.05) is 29.4 Å². The van der Waals surface area contributed by atoms with E-state index in [0.29, 0.717) is 23.4 Å². The van der Waals surface area contributed by atoms with Gasteiger partial charge in [-0.05, 0) is 52.1 Å². The summed E-state index contributed by atoms with van der Waals surface area (Å²) in [5.74, 6) is 2.36. The zero-order chi connectivity index (χ0) is 23.8. The van der Waals surface area contributed by atoms with Gasteiger partial charge in [-0.1, -0.05) is 0 Å². The molecule has 34 heavy (non-hydrogen) atoms. The number of thiazole rings is 1. The molecule has 0 amide bonds. The first-order valence-corrected chi connectivity index (χ1v) is 11.9. The van der Waals surface area contributed by atoms with Gasteiger partial charge in [0.2, 0.25) is 11.8 Å². The Morgan fingerprint density at radius 1 is 1.09 bits per heavy atom. The highest BCUT2D eigenvalue weighted by atomic mass is 32.1. The lowest BCUT2D eigenvalue weighted by Gasteiger charge is -2.26. The predicted molar refractivity (Wildman–Crippen MR) is 131 cm³/mol. The molecule has 4 aromatic heterocycles. The molecule has 9 nitrogen and oxygen atoms in total. The van der Waals surface area contributed by atoms with Gasteiger partial charge in [-0.15, -0.1) is 11.3 Å². The van der Waals surface area contributed by atoms with Gasteiger partial charge in [-0.25, -0.2) is 9.97 Å². The van der Waals surface area contributed by atoms with Crippen LogP contribution in [0.25, 0.3) is 5.69 Å². The fourth-order valence-corrected chi connectivity index (χ4v) is 4.84. The minimum absolute atomic E-state index is 0.154. The molecule has 0 spiro atoms. The molecule has 5 heterocycles. The van der Waals surface area contributed by atoms with E-state index in [4.69, 9.17) is 14.5 Å². The lowest BCUT2D eigenvalue weighted by molar-refractivity contribution is 0.102. The Morgan fingerprint density at radius 2 is 1.88 bits per heavy atom. The zero-order valence-electron chi connectivity index (χ0n) is 19.8. The van der Waals surface area contributed by atoms with E-state index in [9.17, 15) is 0 Å². The van der Waals surface area contributed by atoms with Crippen molar-refractivity contribution in [3.8, 4) is 17.4 Å². The number of hydrogen-bond acceptors (Lipinski definition) is 9. The number of likely N-dealkylation sites (N-methyl/N-ethyl adjacent to an activating group) is 1. The van der Waals surface area contributed by atoms with Crippen LogP contribution in [-0.4, -0.2) is 49.6 Å². The number of ether oxygens (including phenoxy) is 2. The number of methoxy groups -OCH3 is 1. The summed E-state index contributed by atoms with van der Waals surface area (Å²) >= 11 is 1.62. The number of hydrogen-bond donors (Lipinski definition) is 1. The standard InChI is InChI=1S/C24H27N7O2S/c1-14-10-31(13-25-14)18-7-9-20(29-23(18)32-5)27-19-8-6-17-11-30(4)16(3)21(33-22(17)28-19)24-26-15(2)12-34-24/h6-10,12-13,16,21H,11H2,1-5H3,(H,27,28,29). The molecule has 1 aliphatic rings. The van der Waals surface area contributed by atoms with Gasteiger partial charge in [0.25, 0.3) is 0 Å². The van der Waals surface area contributed by atoms with Crippen molar-refractivity contribution in [3.05, 3.63) is 64.1 Å². The van der Waals surface area contributed by atoms with Gasteiger partial charge in [0.05, 0.1) is 25.2 Å². The van der Waals surface area contributed by atoms with Crippen LogP contribution in [0.3, 0.4) is 0 Å². The molecule has 0 saturated heterocycles. The molecule has 1 N–H and O–H groups in total. The first-order valence-electron chi connectivity index (χ1n) is 11.0. The number of fused-ring (bicyclic) bond motifs is 1. The molecule has 0 bridgehead atoms. The molecule has 5 rings (SSSR count). The largest absolute Gasteiger partial charge is 0.479 e. The molecule has 2 atom stereocenters. The van der Waals surface area contributed by atoms with Crippen LogP contribution >= 0.6 is 11.3 Å². The lowest BCUT2D eigenvalue weighted by Crippen LogP contribution is -2.34. The SMILES string of the molecule is COc1nc(Nc2ccc3c(n2)OC(c2nc(C)cs2)C(C)N(C)C3)ccc1-n1cnc(C)c1. The minimum Gasteiger partial charge on any atom is -0.479 e. The fraction of sp³-hybridized carbons (Fsp3) is 0.333. The Morgan fingerprint density at radius 3 is 2.59 bits per heavy atom. The maximum atomic E-state index is 6.44. The van der Waals surface area contributed by atoms with Crippen LogP contribution in [0, 0.1) is 13.8 Å². The van der Waals surface area contributed by atoms with E-state index in [-0.39, 0.29) is 12.1 Å². The number of nitrogens with one attached hydrogen (secondary N) is 1. The van der Waals surface area contributed by atoms with Crippen LogP contribution in [0.15, 0.2) is 42.2 Å². The average Bonchev–Trinajstić information content (AvgIpc) is 3.43. The normalized spacial score (nSPS) is 18.1. The highest BCUT2D eigenvalue weighted by Gasteiger charge is 2.32. The summed E-state index contributed by atoms with van der Waals surface area (Å²) in [6.45, 7) is 6.85.